The van der Waals surface area contributed by atoms with Crippen molar-refractivity contribution in [1.82, 2.24) is 9.97 Å². The van der Waals surface area contributed by atoms with Crippen molar-refractivity contribution in [2.24, 2.45) is 0 Å². The molecule has 6 heteroatoms. The number of imidazole rings is 1. The molecule has 0 bridgehead atoms. The topological polar surface area (TPSA) is 75.1 Å². The third kappa shape index (κ3) is 1.54. The van der Waals surface area contributed by atoms with Crippen molar-refractivity contribution in [2.45, 2.75) is 13.3 Å². The molecule has 1 aliphatic rings. The zero-order valence-electron chi connectivity index (χ0n) is 9.88. The number of fused-ring (bicyclic) bond motifs is 1. The van der Waals surface area contributed by atoms with E-state index in [1.165, 1.54) is 5.56 Å². The number of aryl methyl sites for hydroxylation is 1. The van der Waals surface area contributed by atoms with Crippen LogP contribution in [0.4, 0.5) is 17.3 Å². The van der Waals surface area contributed by atoms with Gasteiger partial charge in [0.15, 0.2) is 5.82 Å². The number of nitrogens with one attached hydrogen (secondary N) is 1. The maximum atomic E-state index is 11.0. The molecule has 18 heavy (non-hydrogen) atoms. The minimum atomic E-state index is -0.420. The summed E-state index contributed by atoms with van der Waals surface area (Å²) in [5.74, 6) is 0.924. The van der Waals surface area contributed by atoms with Crippen molar-refractivity contribution in [3.05, 3.63) is 45.8 Å². The van der Waals surface area contributed by atoms with Crippen LogP contribution < -0.4 is 4.90 Å². The van der Waals surface area contributed by atoms with Gasteiger partial charge >= 0.3 is 5.82 Å². The monoisotopic (exact) mass is 244 g/mol. The maximum absolute atomic E-state index is 11.0. The maximum Gasteiger partial charge on any atom is 0.365 e. The van der Waals surface area contributed by atoms with E-state index < -0.39 is 4.92 Å². The first-order chi connectivity index (χ1) is 8.66. The summed E-state index contributed by atoms with van der Waals surface area (Å²) >= 11 is 0. The highest BCUT2D eigenvalue weighted by Crippen LogP contribution is 2.37. The Hall–Kier alpha value is -2.37. The zero-order valence-corrected chi connectivity index (χ0v) is 9.88. The lowest BCUT2D eigenvalue weighted by atomic mass is 10.2. The number of nitro groups is 1. The van der Waals surface area contributed by atoms with E-state index in [1.807, 2.05) is 29.2 Å². The summed E-state index contributed by atoms with van der Waals surface area (Å²) < 4.78 is 0. The molecule has 0 radical (unpaired) electrons. The molecule has 0 unspecified atom stereocenters. The van der Waals surface area contributed by atoms with Crippen LogP contribution in [0, 0.1) is 17.0 Å². The Morgan fingerprint density at radius 3 is 3.00 bits per heavy atom. The standard InChI is InChI=1S/C12H12N4O2/c1-8-13-11(12(14-8)16(17)18)15-7-6-9-4-2-3-5-10(9)15/h2-5H,6-7H2,1H3,(H,13,14). The van der Waals surface area contributed by atoms with Crippen LogP contribution in [0.3, 0.4) is 0 Å². The highest BCUT2D eigenvalue weighted by molar-refractivity contribution is 5.72. The minimum absolute atomic E-state index is 0.0378. The third-order valence-electron chi connectivity index (χ3n) is 3.11. The van der Waals surface area contributed by atoms with Crippen molar-refractivity contribution in [1.29, 1.82) is 0 Å². The molecule has 0 saturated heterocycles. The SMILES string of the molecule is Cc1nc(N2CCc3ccccc32)c([N+](=O)[O-])[nH]1. The number of hydrogen-bond donors (Lipinski definition) is 1. The first kappa shape index (κ1) is 10.8. The lowest BCUT2D eigenvalue weighted by molar-refractivity contribution is -0.388. The van der Waals surface area contributed by atoms with E-state index in [9.17, 15) is 10.1 Å². The van der Waals surface area contributed by atoms with E-state index in [-0.39, 0.29) is 5.82 Å². The molecule has 1 aliphatic heterocycles. The molecule has 0 amide bonds. The summed E-state index contributed by atoms with van der Waals surface area (Å²) in [6.45, 7) is 2.45. The molecule has 0 aliphatic carbocycles. The predicted molar refractivity (Wildman–Crippen MR) is 67.1 cm³/mol. The Kier molecular flexibility index (Phi) is 2.29. The van der Waals surface area contributed by atoms with Crippen LogP contribution in [0.25, 0.3) is 0 Å². The number of para-hydroxylation sites is 1. The van der Waals surface area contributed by atoms with Gasteiger partial charge in [-0.25, -0.2) is 4.98 Å². The van der Waals surface area contributed by atoms with Crippen LogP contribution in [0.1, 0.15) is 11.4 Å². The molecule has 0 saturated carbocycles. The highest BCUT2D eigenvalue weighted by atomic mass is 16.6. The van der Waals surface area contributed by atoms with Crippen LogP contribution >= 0.6 is 0 Å². The Balaban J connectivity index is 2.10. The molecule has 6 nitrogen and oxygen atoms in total. The van der Waals surface area contributed by atoms with Gasteiger partial charge in [0.05, 0.1) is 0 Å². The van der Waals surface area contributed by atoms with Gasteiger partial charge in [0.1, 0.15) is 0 Å². The van der Waals surface area contributed by atoms with Crippen LogP contribution in [-0.4, -0.2) is 21.4 Å². The van der Waals surface area contributed by atoms with Crippen LogP contribution in [0.5, 0.6) is 0 Å². The second kappa shape index (κ2) is 3.83. The van der Waals surface area contributed by atoms with Gasteiger partial charge in [-0.2, -0.15) is 4.98 Å². The fraction of sp³-hybridized carbons (Fsp3) is 0.250. The van der Waals surface area contributed by atoms with Gasteiger partial charge < -0.3 is 15.0 Å². The molecule has 1 aromatic carbocycles. The van der Waals surface area contributed by atoms with E-state index >= 15 is 0 Å². The van der Waals surface area contributed by atoms with Crippen molar-refractivity contribution >= 4 is 17.3 Å². The molecular weight excluding hydrogens is 232 g/mol. The number of anilines is 2. The molecule has 0 atom stereocenters. The number of rotatable bonds is 2. The smallest absolute Gasteiger partial charge is 0.358 e. The van der Waals surface area contributed by atoms with Gasteiger partial charge in [0.25, 0.3) is 0 Å². The summed E-state index contributed by atoms with van der Waals surface area (Å²) in [6.07, 6.45) is 0.888. The largest absolute Gasteiger partial charge is 0.365 e. The van der Waals surface area contributed by atoms with E-state index in [4.69, 9.17) is 0 Å². The van der Waals surface area contributed by atoms with Gasteiger partial charge in [-0.15, -0.1) is 0 Å². The quantitative estimate of drug-likeness (QED) is 0.649. The van der Waals surface area contributed by atoms with Gasteiger partial charge in [-0.05, 0) is 23.0 Å². The number of hydrogen-bond acceptors (Lipinski definition) is 4. The Morgan fingerprint density at radius 1 is 1.44 bits per heavy atom. The zero-order chi connectivity index (χ0) is 12.7. The molecule has 1 N–H and O–H groups in total. The molecule has 3 rings (SSSR count). The van der Waals surface area contributed by atoms with Crippen LogP contribution in [0.2, 0.25) is 0 Å². The van der Waals surface area contributed by atoms with Gasteiger partial charge in [0.2, 0.25) is 5.82 Å². The van der Waals surface area contributed by atoms with E-state index in [1.54, 1.807) is 6.92 Å². The van der Waals surface area contributed by atoms with E-state index in [0.29, 0.717) is 11.6 Å². The van der Waals surface area contributed by atoms with Gasteiger partial charge in [-0.3, -0.25) is 0 Å². The van der Waals surface area contributed by atoms with Gasteiger partial charge in [0, 0.05) is 19.2 Å². The summed E-state index contributed by atoms with van der Waals surface area (Å²) in [6, 6.07) is 7.92. The first-order valence-corrected chi connectivity index (χ1v) is 5.73. The fourth-order valence-electron chi connectivity index (χ4n) is 2.34. The summed E-state index contributed by atoms with van der Waals surface area (Å²) in [5.41, 5.74) is 2.21. The second-order valence-electron chi connectivity index (χ2n) is 4.28. The van der Waals surface area contributed by atoms with Crippen molar-refractivity contribution in [3.8, 4) is 0 Å². The van der Waals surface area contributed by atoms with Crippen molar-refractivity contribution in [2.75, 3.05) is 11.4 Å². The Labute approximate surface area is 103 Å². The molecule has 2 aromatic rings. The number of H-pyrrole nitrogens is 1. The Bertz CT molecular complexity index is 620. The molecular formula is C12H12N4O2. The summed E-state index contributed by atoms with van der Waals surface area (Å²) in [7, 11) is 0. The molecule has 92 valence electrons. The highest BCUT2D eigenvalue weighted by Gasteiger charge is 2.29. The molecule has 0 spiro atoms. The van der Waals surface area contributed by atoms with Crippen LogP contribution in [0.15, 0.2) is 24.3 Å². The number of aromatic nitrogens is 2. The predicted octanol–water partition coefficient (Wildman–Crippen LogP) is 2.32. The fourth-order valence-corrected chi connectivity index (χ4v) is 2.34. The lowest BCUT2D eigenvalue weighted by Crippen LogP contribution is -2.15. The lowest BCUT2D eigenvalue weighted by Gasteiger charge is -2.15. The van der Waals surface area contributed by atoms with Gasteiger partial charge in [-0.1, -0.05) is 18.2 Å². The van der Waals surface area contributed by atoms with Crippen molar-refractivity contribution in [3.63, 3.8) is 0 Å². The van der Waals surface area contributed by atoms with Crippen LogP contribution in [-0.2, 0) is 6.42 Å². The number of benzene rings is 1. The number of nitrogens with zero attached hydrogens (tertiary/aromatic N) is 3. The average molecular weight is 244 g/mol. The average Bonchev–Trinajstić information content (AvgIpc) is 2.92. The first-order valence-electron chi connectivity index (χ1n) is 5.73. The third-order valence-corrected chi connectivity index (χ3v) is 3.11. The molecule has 2 heterocycles. The second-order valence-corrected chi connectivity index (χ2v) is 4.28. The normalized spacial score (nSPS) is 13.7. The van der Waals surface area contributed by atoms with Crippen molar-refractivity contribution < 1.29 is 4.92 Å². The Morgan fingerprint density at radius 2 is 2.22 bits per heavy atom. The minimum Gasteiger partial charge on any atom is -0.358 e. The van der Waals surface area contributed by atoms with E-state index in [2.05, 4.69) is 9.97 Å². The van der Waals surface area contributed by atoms with E-state index in [0.717, 1.165) is 18.7 Å². The number of aromatic amines is 1. The molecule has 0 fully saturated rings. The summed E-state index contributed by atoms with van der Waals surface area (Å²) in [5, 5.41) is 11.0. The molecule has 1 aromatic heterocycles. The summed E-state index contributed by atoms with van der Waals surface area (Å²) in [4.78, 5) is 19.4.